The van der Waals surface area contributed by atoms with E-state index in [-0.39, 0.29) is 6.15 Å². The molecule has 3 aromatic heterocycles. The van der Waals surface area contributed by atoms with Gasteiger partial charge in [-0.1, -0.05) is 65.8 Å². The van der Waals surface area contributed by atoms with E-state index in [9.17, 15) is 0 Å². The summed E-state index contributed by atoms with van der Waals surface area (Å²) < 4.78 is 2.94. The van der Waals surface area contributed by atoms with Crippen molar-refractivity contribution in [2.75, 3.05) is 0 Å². The molecule has 0 amide bonds. The largest absolute Gasteiger partial charge is 0.373 e. The minimum atomic E-state index is 0.250. The Bertz CT molecular complexity index is 1280. The highest BCUT2D eigenvalue weighted by atomic mass is 35.5. The van der Waals surface area contributed by atoms with Crippen LogP contribution in [-0.2, 0) is 9.59 Å². The van der Waals surface area contributed by atoms with Crippen LogP contribution in [0.4, 0.5) is 0 Å². The van der Waals surface area contributed by atoms with Crippen LogP contribution in [0.3, 0.4) is 0 Å². The number of thioether (sulfide) groups is 1. The van der Waals surface area contributed by atoms with Gasteiger partial charge in [0.1, 0.15) is 5.01 Å². The van der Waals surface area contributed by atoms with Gasteiger partial charge in [0.25, 0.3) is 0 Å². The van der Waals surface area contributed by atoms with Crippen LogP contribution in [-0.4, -0.2) is 36.4 Å². The third-order valence-corrected chi connectivity index (χ3v) is 7.84. The molecule has 0 saturated carbocycles. The molecule has 1 aromatic carbocycles. The lowest BCUT2D eigenvalue weighted by Crippen LogP contribution is -1.94. The zero-order valence-electron chi connectivity index (χ0n) is 17.4. The van der Waals surface area contributed by atoms with Crippen molar-refractivity contribution in [3.05, 3.63) is 45.1 Å². The van der Waals surface area contributed by atoms with Crippen LogP contribution in [0.5, 0.6) is 0 Å². The second-order valence-electron chi connectivity index (χ2n) is 6.71. The van der Waals surface area contributed by atoms with Gasteiger partial charge in [-0.05, 0) is 26.0 Å². The summed E-state index contributed by atoms with van der Waals surface area (Å²) in [6.07, 6.45) is 2.22. The number of hydrogen-bond donors (Lipinski definition) is 0. The second-order valence-corrected chi connectivity index (χ2v) is 11.5. The lowest BCUT2D eigenvalue weighted by atomic mass is 10.2. The highest BCUT2D eigenvalue weighted by Gasteiger charge is 2.19. The van der Waals surface area contributed by atoms with Crippen LogP contribution in [0.2, 0.25) is 10.0 Å². The first-order chi connectivity index (χ1) is 15.2. The van der Waals surface area contributed by atoms with Crippen molar-refractivity contribution in [3.63, 3.8) is 0 Å². The van der Waals surface area contributed by atoms with Crippen LogP contribution in [0.1, 0.15) is 24.5 Å². The smallest absolute Gasteiger partial charge is 0.217 e. The maximum atomic E-state index is 8.12. The Labute approximate surface area is 206 Å². The molecule has 32 heavy (non-hydrogen) atoms. The van der Waals surface area contributed by atoms with E-state index in [1.807, 2.05) is 36.9 Å². The number of carbonyl (C=O) groups excluding carboxylic acids is 2. The molecule has 0 aliphatic heterocycles. The van der Waals surface area contributed by atoms with E-state index in [0.717, 1.165) is 41.9 Å². The fourth-order valence-corrected chi connectivity index (χ4v) is 6.18. The average molecular weight is 526 g/mol. The topological polar surface area (TPSA) is 90.6 Å². The Morgan fingerprint density at radius 1 is 1.09 bits per heavy atom. The molecule has 4 rings (SSSR count). The molecular formula is C20H17Cl2N5O2S3. The summed E-state index contributed by atoms with van der Waals surface area (Å²) in [6.45, 7) is 8.24. The maximum Gasteiger partial charge on any atom is 0.373 e. The van der Waals surface area contributed by atoms with E-state index in [4.69, 9.17) is 37.8 Å². The van der Waals surface area contributed by atoms with E-state index < -0.39 is 0 Å². The third kappa shape index (κ3) is 5.64. The molecule has 0 N–H and O–H groups in total. The van der Waals surface area contributed by atoms with Gasteiger partial charge in [-0.3, -0.25) is 0 Å². The molecule has 0 spiro atoms. The summed E-state index contributed by atoms with van der Waals surface area (Å²) in [7, 11) is 0. The summed E-state index contributed by atoms with van der Waals surface area (Å²) in [5.41, 5.74) is 3.70. The summed E-state index contributed by atoms with van der Waals surface area (Å²) in [5, 5.41) is 17.1. The van der Waals surface area contributed by atoms with E-state index in [0.29, 0.717) is 15.3 Å². The number of halogens is 2. The van der Waals surface area contributed by atoms with Gasteiger partial charge in [0.15, 0.2) is 5.01 Å². The fraction of sp³-hybridized carbons (Fsp3) is 0.250. The van der Waals surface area contributed by atoms with Gasteiger partial charge in [-0.15, -0.1) is 22.0 Å². The molecule has 0 aliphatic carbocycles. The molecule has 0 radical (unpaired) electrons. The normalized spacial score (nSPS) is 10.7. The van der Waals surface area contributed by atoms with Gasteiger partial charge in [0.2, 0.25) is 5.13 Å². The van der Waals surface area contributed by atoms with Gasteiger partial charge in [0.05, 0.1) is 31.2 Å². The van der Waals surface area contributed by atoms with Gasteiger partial charge < -0.3 is 0 Å². The highest BCUT2D eigenvalue weighted by Crippen LogP contribution is 2.41. The second kappa shape index (κ2) is 10.7. The van der Waals surface area contributed by atoms with Crippen LogP contribution in [0.15, 0.2) is 28.6 Å². The molecule has 0 bridgehead atoms. The van der Waals surface area contributed by atoms with E-state index in [2.05, 4.69) is 29.1 Å². The number of thiazole rings is 1. The first kappa shape index (κ1) is 24.6. The molecule has 0 unspecified atom stereocenters. The predicted octanol–water partition coefficient (Wildman–Crippen LogP) is 6.35. The van der Waals surface area contributed by atoms with E-state index >= 15 is 0 Å². The number of nitrogens with zero attached hydrogens (tertiary/aromatic N) is 5. The molecule has 7 nitrogen and oxygen atoms in total. The molecular weight excluding hydrogens is 509 g/mol. The summed E-state index contributed by atoms with van der Waals surface area (Å²) >= 11 is 17.3. The Morgan fingerprint density at radius 2 is 1.81 bits per heavy atom. The van der Waals surface area contributed by atoms with Gasteiger partial charge >= 0.3 is 6.15 Å². The van der Waals surface area contributed by atoms with Crippen LogP contribution in [0.25, 0.3) is 27.0 Å². The Hall–Kier alpha value is -2.07. The number of hydrogen-bond acceptors (Lipinski definition) is 9. The molecule has 12 heteroatoms. The lowest BCUT2D eigenvalue weighted by molar-refractivity contribution is -0.191. The number of benzene rings is 1. The lowest BCUT2D eigenvalue weighted by Gasteiger charge is -2.05. The number of aromatic nitrogens is 5. The first-order valence-corrected chi connectivity index (χ1v) is 12.5. The standard InChI is InChI=1S/C19H17Cl2N5S3.CO2/c1-9(2)27-18-16(12-5-6-14(20)15(21)7-12)22-19(29-18)26-8-13(10(3)25-26)17-24-23-11(4)28-17;2-1-3/h5-9H,1-4H3;. The van der Waals surface area contributed by atoms with Crippen LogP contribution in [0, 0.1) is 13.8 Å². The fourth-order valence-electron chi connectivity index (χ4n) is 2.69. The van der Waals surface area contributed by atoms with Crippen molar-refractivity contribution in [2.24, 2.45) is 0 Å². The van der Waals surface area contributed by atoms with Crippen molar-refractivity contribution in [2.45, 2.75) is 37.2 Å². The van der Waals surface area contributed by atoms with E-state index in [1.165, 1.54) is 0 Å². The zero-order valence-corrected chi connectivity index (χ0v) is 21.4. The van der Waals surface area contributed by atoms with Gasteiger partial charge in [0, 0.05) is 17.0 Å². The number of aryl methyl sites for hydroxylation is 2. The van der Waals surface area contributed by atoms with Gasteiger partial charge in [-0.2, -0.15) is 14.7 Å². The zero-order chi connectivity index (χ0) is 23.4. The highest BCUT2D eigenvalue weighted by molar-refractivity contribution is 8.01. The molecule has 0 fully saturated rings. The molecule has 0 saturated heterocycles. The number of rotatable bonds is 5. The van der Waals surface area contributed by atoms with Crippen molar-refractivity contribution < 1.29 is 9.59 Å². The van der Waals surface area contributed by atoms with Crippen molar-refractivity contribution in [1.29, 1.82) is 0 Å². The Morgan fingerprint density at radius 3 is 2.41 bits per heavy atom. The first-order valence-electron chi connectivity index (χ1n) is 9.22. The van der Waals surface area contributed by atoms with Crippen molar-refractivity contribution in [3.8, 4) is 27.0 Å². The molecule has 3 heterocycles. The monoisotopic (exact) mass is 525 g/mol. The predicted molar refractivity (Wildman–Crippen MR) is 129 cm³/mol. The summed E-state index contributed by atoms with van der Waals surface area (Å²) in [6, 6.07) is 5.61. The molecule has 4 aromatic rings. The SMILES string of the molecule is Cc1nnc(-c2cn(-c3nc(-c4ccc(Cl)c(Cl)c4)c(SC(C)C)s3)nc2C)s1.O=C=O. The van der Waals surface area contributed by atoms with Crippen LogP contribution >= 0.6 is 57.6 Å². The summed E-state index contributed by atoms with van der Waals surface area (Å²) in [5.74, 6) is 0. The minimum absolute atomic E-state index is 0.250. The maximum absolute atomic E-state index is 8.12. The minimum Gasteiger partial charge on any atom is -0.217 e. The van der Waals surface area contributed by atoms with Gasteiger partial charge in [-0.25, -0.2) is 9.67 Å². The summed E-state index contributed by atoms with van der Waals surface area (Å²) in [4.78, 5) is 21.1. The molecule has 0 atom stereocenters. The molecule has 0 aliphatic rings. The van der Waals surface area contributed by atoms with Crippen LogP contribution < -0.4 is 0 Å². The third-order valence-electron chi connectivity index (χ3n) is 3.97. The quantitative estimate of drug-likeness (QED) is 0.280. The van der Waals surface area contributed by atoms with Crippen molar-refractivity contribution >= 4 is 63.8 Å². The van der Waals surface area contributed by atoms with E-state index in [1.54, 1.807) is 40.5 Å². The Kier molecular flexibility index (Phi) is 8.21. The molecule has 166 valence electrons. The Balaban J connectivity index is 0.000000913. The van der Waals surface area contributed by atoms with Crippen molar-refractivity contribution in [1.82, 2.24) is 25.0 Å². The average Bonchev–Trinajstić information content (AvgIpc) is 3.43.